The molecule has 1 aliphatic rings. The molecule has 0 N–H and O–H groups in total. The summed E-state index contributed by atoms with van der Waals surface area (Å²) in [6.07, 6.45) is 0. The Kier molecular flexibility index (Phi) is 4.78. The summed E-state index contributed by atoms with van der Waals surface area (Å²) in [7, 11) is 0. The first-order valence-electron chi connectivity index (χ1n) is 8.87. The number of nitrogens with zero attached hydrogens (tertiary/aromatic N) is 2. The Balaban J connectivity index is 1.80. The van der Waals surface area contributed by atoms with Crippen LogP contribution in [0.1, 0.15) is 22.3 Å². The summed E-state index contributed by atoms with van der Waals surface area (Å²) in [5.41, 5.74) is 5.77. The summed E-state index contributed by atoms with van der Waals surface area (Å²) in [4.78, 5) is 19.3. The Morgan fingerprint density at radius 1 is 1.00 bits per heavy atom. The predicted octanol–water partition coefficient (Wildman–Crippen LogP) is 5.03. The quantitative estimate of drug-likeness (QED) is 0.632. The van der Waals surface area contributed by atoms with Gasteiger partial charge in [-0.3, -0.25) is 9.79 Å². The van der Waals surface area contributed by atoms with Crippen molar-refractivity contribution in [1.29, 1.82) is 0 Å². The van der Waals surface area contributed by atoms with E-state index in [-0.39, 0.29) is 12.5 Å². The molecule has 0 spiro atoms. The lowest BCUT2D eigenvalue weighted by molar-refractivity contribution is -0.117. The Bertz CT molecular complexity index is 1010. The molecule has 0 bridgehead atoms. The van der Waals surface area contributed by atoms with Crippen LogP contribution in [0.4, 0.5) is 5.69 Å². The molecule has 27 heavy (non-hydrogen) atoms. The fraction of sp³-hybridized carbons (Fsp3) is 0.130. The second kappa shape index (κ2) is 7.37. The highest BCUT2D eigenvalue weighted by atomic mass is 35.5. The molecule has 1 heterocycles. The Morgan fingerprint density at radius 2 is 1.74 bits per heavy atom. The molecule has 0 atom stereocenters. The fourth-order valence-corrected chi connectivity index (χ4v) is 3.45. The average Bonchev–Trinajstić information content (AvgIpc) is 2.81. The van der Waals surface area contributed by atoms with Gasteiger partial charge in [0, 0.05) is 16.1 Å². The lowest BCUT2D eigenvalue weighted by Gasteiger charge is -2.23. The third-order valence-electron chi connectivity index (χ3n) is 4.69. The first-order valence-corrected chi connectivity index (χ1v) is 9.25. The minimum Gasteiger partial charge on any atom is -0.306 e. The maximum atomic E-state index is 12.9. The molecule has 3 aromatic rings. The van der Waals surface area contributed by atoms with Crippen LogP contribution in [0.15, 0.2) is 77.8 Å². The molecule has 1 amide bonds. The van der Waals surface area contributed by atoms with Gasteiger partial charge in [0.25, 0.3) is 0 Å². The molecule has 3 aromatic carbocycles. The molecule has 3 nitrogen and oxygen atoms in total. The number of amides is 1. The van der Waals surface area contributed by atoms with E-state index in [1.165, 1.54) is 5.56 Å². The zero-order valence-electron chi connectivity index (χ0n) is 15.0. The van der Waals surface area contributed by atoms with Crippen molar-refractivity contribution in [3.05, 3.63) is 100 Å². The van der Waals surface area contributed by atoms with E-state index in [1.807, 2.05) is 48.5 Å². The van der Waals surface area contributed by atoms with E-state index in [4.69, 9.17) is 11.6 Å². The standard InChI is InChI=1S/C23H19ClN2O/c1-16-7-9-17(10-8-16)15-26-21-12-11-19(24)13-20(21)23(25-14-22(26)27)18-5-3-2-4-6-18/h2-13H,14-15H2,1H3. The van der Waals surface area contributed by atoms with Gasteiger partial charge in [0.2, 0.25) is 5.91 Å². The zero-order valence-corrected chi connectivity index (χ0v) is 15.8. The number of benzodiazepines with no additional fused rings is 1. The molecule has 0 aliphatic carbocycles. The van der Waals surface area contributed by atoms with Gasteiger partial charge >= 0.3 is 0 Å². The minimum atomic E-state index is -0.0231. The van der Waals surface area contributed by atoms with Crippen molar-refractivity contribution in [2.75, 3.05) is 11.4 Å². The number of rotatable bonds is 3. The third-order valence-corrected chi connectivity index (χ3v) is 4.92. The molecule has 0 saturated heterocycles. The molecule has 0 aromatic heterocycles. The maximum absolute atomic E-state index is 12.9. The number of aliphatic imine (C=N–C) groups is 1. The third kappa shape index (κ3) is 3.64. The number of hydrogen-bond acceptors (Lipinski definition) is 2. The molecule has 134 valence electrons. The molecule has 0 radical (unpaired) electrons. The van der Waals surface area contributed by atoms with E-state index in [0.29, 0.717) is 11.6 Å². The van der Waals surface area contributed by atoms with E-state index >= 15 is 0 Å². The van der Waals surface area contributed by atoms with Gasteiger partial charge < -0.3 is 4.90 Å². The van der Waals surface area contributed by atoms with Gasteiger partial charge in [-0.1, -0.05) is 71.8 Å². The SMILES string of the molecule is Cc1ccc(CN2C(=O)CN=C(c3ccccc3)c3cc(Cl)ccc32)cc1. The van der Waals surface area contributed by atoms with Crippen molar-refractivity contribution in [2.24, 2.45) is 4.99 Å². The number of carbonyl (C=O) groups is 1. The molecule has 0 saturated carbocycles. The minimum absolute atomic E-state index is 0.0231. The highest BCUT2D eigenvalue weighted by Gasteiger charge is 2.25. The molecule has 0 unspecified atom stereocenters. The highest BCUT2D eigenvalue weighted by molar-refractivity contribution is 6.32. The lowest BCUT2D eigenvalue weighted by atomic mass is 10.00. The number of halogens is 1. The van der Waals surface area contributed by atoms with Crippen molar-refractivity contribution in [3.63, 3.8) is 0 Å². The van der Waals surface area contributed by atoms with Crippen LogP contribution < -0.4 is 4.90 Å². The normalized spacial score (nSPS) is 13.8. The second-order valence-electron chi connectivity index (χ2n) is 6.66. The van der Waals surface area contributed by atoms with Gasteiger partial charge in [-0.2, -0.15) is 0 Å². The smallest absolute Gasteiger partial charge is 0.248 e. The van der Waals surface area contributed by atoms with Crippen molar-refractivity contribution >= 4 is 28.9 Å². The average molecular weight is 375 g/mol. The maximum Gasteiger partial charge on any atom is 0.248 e. The van der Waals surface area contributed by atoms with Gasteiger partial charge in [-0.15, -0.1) is 0 Å². The van der Waals surface area contributed by atoms with Crippen LogP contribution in [0.2, 0.25) is 5.02 Å². The van der Waals surface area contributed by atoms with E-state index in [1.54, 1.807) is 4.90 Å². The van der Waals surface area contributed by atoms with E-state index in [2.05, 4.69) is 36.2 Å². The van der Waals surface area contributed by atoms with E-state index in [9.17, 15) is 4.79 Å². The first kappa shape index (κ1) is 17.5. The Labute approximate surface area is 163 Å². The summed E-state index contributed by atoms with van der Waals surface area (Å²) in [6, 6.07) is 23.8. The molecule has 4 heteroatoms. The largest absolute Gasteiger partial charge is 0.306 e. The molecule has 4 rings (SSSR count). The monoisotopic (exact) mass is 374 g/mol. The van der Waals surface area contributed by atoms with Crippen LogP contribution in [-0.4, -0.2) is 18.2 Å². The van der Waals surface area contributed by atoms with Crippen molar-refractivity contribution in [2.45, 2.75) is 13.5 Å². The number of benzene rings is 3. The van der Waals surface area contributed by atoms with Crippen molar-refractivity contribution in [3.8, 4) is 0 Å². The molecular weight excluding hydrogens is 356 g/mol. The van der Waals surface area contributed by atoms with Crippen molar-refractivity contribution in [1.82, 2.24) is 0 Å². The summed E-state index contributed by atoms with van der Waals surface area (Å²) < 4.78 is 0. The Hall–Kier alpha value is -2.91. The van der Waals surface area contributed by atoms with Crippen LogP contribution in [0.5, 0.6) is 0 Å². The molecule has 0 fully saturated rings. The fourth-order valence-electron chi connectivity index (χ4n) is 3.28. The summed E-state index contributed by atoms with van der Waals surface area (Å²) in [5.74, 6) is -0.0231. The van der Waals surface area contributed by atoms with Gasteiger partial charge in [0.15, 0.2) is 0 Å². The van der Waals surface area contributed by atoms with Gasteiger partial charge in [-0.25, -0.2) is 0 Å². The van der Waals surface area contributed by atoms with Crippen LogP contribution in [0, 0.1) is 6.92 Å². The van der Waals surface area contributed by atoms with Crippen LogP contribution in [0.25, 0.3) is 0 Å². The van der Waals surface area contributed by atoms with Gasteiger partial charge in [0.05, 0.1) is 17.9 Å². The van der Waals surface area contributed by atoms with Gasteiger partial charge in [0.1, 0.15) is 6.54 Å². The van der Waals surface area contributed by atoms with Crippen LogP contribution in [0.3, 0.4) is 0 Å². The van der Waals surface area contributed by atoms with E-state index in [0.717, 1.165) is 28.1 Å². The highest BCUT2D eigenvalue weighted by Crippen LogP contribution is 2.30. The number of carbonyl (C=O) groups excluding carboxylic acids is 1. The first-order chi connectivity index (χ1) is 13.1. The second-order valence-corrected chi connectivity index (χ2v) is 7.09. The van der Waals surface area contributed by atoms with Gasteiger partial charge in [-0.05, 0) is 30.7 Å². The zero-order chi connectivity index (χ0) is 18.8. The number of anilines is 1. The molecular formula is C23H19ClN2O. The summed E-state index contributed by atoms with van der Waals surface area (Å²) in [6.45, 7) is 2.67. The topological polar surface area (TPSA) is 32.7 Å². The predicted molar refractivity (Wildman–Crippen MR) is 111 cm³/mol. The molecule has 1 aliphatic heterocycles. The van der Waals surface area contributed by atoms with Crippen molar-refractivity contribution < 1.29 is 4.79 Å². The number of fused-ring (bicyclic) bond motifs is 1. The summed E-state index contributed by atoms with van der Waals surface area (Å²) >= 11 is 6.29. The van der Waals surface area contributed by atoms with Crippen LogP contribution >= 0.6 is 11.6 Å². The lowest BCUT2D eigenvalue weighted by Crippen LogP contribution is -2.31. The van der Waals surface area contributed by atoms with E-state index < -0.39 is 0 Å². The number of hydrogen-bond donors (Lipinski definition) is 0. The summed E-state index contributed by atoms with van der Waals surface area (Å²) in [5, 5.41) is 0.627. The van der Waals surface area contributed by atoms with Crippen LogP contribution in [-0.2, 0) is 11.3 Å². The Morgan fingerprint density at radius 3 is 2.48 bits per heavy atom. The number of aryl methyl sites for hydroxylation is 1.